The Morgan fingerprint density at radius 2 is 1.95 bits per heavy atom. The van der Waals surface area contributed by atoms with E-state index in [0.29, 0.717) is 11.3 Å². The van der Waals surface area contributed by atoms with Crippen LogP contribution in [-0.4, -0.2) is 15.0 Å². The third-order valence-electron chi connectivity index (χ3n) is 2.42. The summed E-state index contributed by atoms with van der Waals surface area (Å²) in [4.78, 5) is 14.0. The Hall–Kier alpha value is -2.71. The van der Waals surface area contributed by atoms with E-state index in [4.69, 9.17) is 0 Å². The van der Waals surface area contributed by atoms with Gasteiger partial charge >= 0.3 is 0 Å². The van der Waals surface area contributed by atoms with E-state index in [-0.39, 0.29) is 5.69 Å². The van der Waals surface area contributed by atoms with Crippen molar-refractivity contribution in [2.75, 3.05) is 0 Å². The summed E-state index contributed by atoms with van der Waals surface area (Å²) in [6.07, 6.45) is 0.616. The summed E-state index contributed by atoms with van der Waals surface area (Å²) in [5.41, 5.74) is 1.05. The van der Waals surface area contributed by atoms with Gasteiger partial charge in [-0.15, -0.1) is 0 Å². The van der Waals surface area contributed by atoms with Crippen LogP contribution in [0.5, 0.6) is 0 Å². The number of aliphatic hydroxyl groups excluding tert-OH is 1. The van der Waals surface area contributed by atoms with Crippen molar-refractivity contribution in [1.29, 1.82) is 0 Å². The van der Waals surface area contributed by atoms with Crippen LogP contribution in [0.2, 0.25) is 0 Å². The molecule has 5 nitrogen and oxygen atoms in total. The number of nitro benzene ring substituents is 1. The predicted molar refractivity (Wildman–Crippen MR) is 69.2 cm³/mol. The Kier molecular flexibility index (Phi) is 3.86. The molecule has 1 unspecified atom stereocenters. The first-order chi connectivity index (χ1) is 9.16. The van der Waals surface area contributed by atoms with Crippen molar-refractivity contribution in [2.24, 2.45) is 0 Å². The SMILES string of the molecule is O=[N+]([O-])c1ccc(C(O)C#Cc2ccccn2)cc1. The smallest absolute Gasteiger partial charge is 0.269 e. The molecule has 1 N–H and O–H groups in total. The highest BCUT2D eigenvalue weighted by Crippen LogP contribution is 2.17. The van der Waals surface area contributed by atoms with Crippen LogP contribution in [0.1, 0.15) is 17.4 Å². The summed E-state index contributed by atoms with van der Waals surface area (Å²) in [7, 11) is 0. The quantitative estimate of drug-likeness (QED) is 0.505. The fourth-order valence-corrected chi connectivity index (χ4v) is 1.44. The third kappa shape index (κ3) is 3.37. The lowest BCUT2D eigenvalue weighted by Gasteiger charge is -2.02. The molecule has 0 fully saturated rings. The molecule has 0 amide bonds. The van der Waals surface area contributed by atoms with Crippen molar-refractivity contribution >= 4 is 5.69 Å². The highest BCUT2D eigenvalue weighted by molar-refractivity contribution is 5.37. The zero-order valence-electron chi connectivity index (χ0n) is 9.85. The van der Waals surface area contributed by atoms with Crippen molar-refractivity contribution in [3.8, 4) is 11.8 Å². The molecule has 1 atom stereocenters. The highest BCUT2D eigenvalue weighted by atomic mass is 16.6. The number of benzene rings is 1. The van der Waals surface area contributed by atoms with Gasteiger partial charge in [0.2, 0.25) is 0 Å². The molecule has 1 heterocycles. The first-order valence-electron chi connectivity index (χ1n) is 5.52. The Morgan fingerprint density at radius 1 is 1.21 bits per heavy atom. The summed E-state index contributed by atoms with van der Waals surface area (Å²) >= 11 is 0. The number of nitro groups is 1. The maximum Gasteiger partial charge on any atom is 0.269 e. The van der Waals surface area contributed by atoms with E-state index in [2.05, 4.69) is 16.8 Å². The normalized spacial score (nSPS) is 11.2. The second kappa shape index (κ2) is 5.76. The molecule has 94 valence electrons. The van der Waals surface area contributed by atoms with Crippen LogP contribution >= 0.6 is 0 Å². The van der Waals surface area contributed by atoms with Crippen LogP contribution < -0.4 is 0 Å². The Balaban J connectivity index is 2.14. The van der Waals surface area contributed by atoms with Crippen molar-refractivity contribution in [2.45, 2.75) is 6.10 Å². The number of hydrogen-bond acceptors (Lipinski definition) is 4. The minimum Gasteiger partial charge on any atom is -0.376 e. The maximum atomic E-state index is 10.5. The topological polar surface area (TPSA) is 76.3 Å². The monoisotopic (exact) mass is 254 g/mol. The zero-order valence-corrected chi connectivity index (χ0v) is 9.85. The van der Waals surface area contributed by atoms with Crippen molar-refractivity contribution < 1.29 is 10.0 Å². The van der Waals surface area contributed by atoms with E-state index in [9.17, 15) is 15.2 Å². The van der Waals surface area contributed by atoms with Gasteiger partial charge in [-0.3, -0.25) is 10.1 Å². The van der Waals surface area contributed by atoms with E-state index in [1.165, 1.54) is 24.3 Å². The fraction of sp³-hybridized carbons (Fsp3) is 0.0714. The Morgan fingerprint density at radius 3 is 2.53 bits per heavy atom. The van der Waals surface area contributed by atoms with E-state index in [1.54, 1.807) is 24.4 Å². The number of non-ortho nitro benzene ring substituents is 1. The Labute approximate surface area is 109 Å². The van der Waals surface area contributed by atoms with Crippen molar-refractivity contribution in [3.05, 3.63) is 70.0 Å². The van der Waals surface area contributed by atoms with Crippen LogP contribution in [0.3, 0.4) is 0 Å². The number of hydrogen-bond donors (Lipinski definition) is 1. The minimum absolute atomic E-state index is 0.0198. The molecular formula is C14H10N2O3. The Bertz CT molecular complexity index is 627. The van der Waals surface area contributed by atoms with Gasteiger partial charge in [-0.2, -0.15) is 0 Å². The molecule has 0 aliphatic heterocycles. The second-order valence-corrected chi connectivity index (χ2v) is 3.74. The molecule has 2 rings (SSSR count). The van der Waals surface area contributed by atoms with Gasteiger partial charge in [0, 0.05) is 18.3 Å². The fourth-order valence-electron chi connectivity index (χ4n) is 1.44. The number of aromatic nitrogens is 1. The van der Waals surface area contributed by atoms with Gasteiger partial charge in [0.25, 0.3) is 5.69 Å². The first kappa shape index (κ1) is 12.7. The summed E-state index contributed by atoms with van der Waals surface area (Å²) in [5.74, 6) is 5.37. The average Bonchev–Trinajstić information content (AvgIpc) is 2.46. The van der Waals surface area contributed by atoms with Crippen LogP contribution in [-0.2, 0) is 0 Å². The molecule has 1 aromatic carbocycles. The van der Waals surface area contributed by atoms with E-state index >= 15 is 0 Å². The molecule has 0 saturated carbocycles. The third-order valence-corrected chi connectivity index (χ3v) is 2.42. The van der Waals surface area contributed by atoms with Crippen LogP contribution in [0.25, 0.3) is 0 Å². The zero-order chi connectivity index (χ0) is 13.7. The second-order valence-electron chi connectivity index (χ2n) is 3.74. The molecular weight excluding hydrogens is 244 g/mol. The van der Waals surface area contributed by atoms with Gasteiger partial charge in [-0.05, 0) is 35.7 Å². The van der Waals surface area contributed by atoms with Gasteiger partial charge in [0.1, 0.15) is 11.8 Å². The van der Waals surface area contributed by atoms with Gasteiger partial charge in [0.15, 0.2) is 0 Å². The highest BCUT2D eigenvalue weighted by Gasteiger charge is 2.07. The molecule has 5 heteroatoms. The number of nitrogens with zero attached hydrogens (tertiary/aromatic N) is 2. The summed E-state index contributed by atoms with van der Waals surface area (Å²) < 4.78 is 0. The number of pyridine rings is 1. The van der Waals surface area contributed by atoms with Gasteiger partial charge < -0.3 is 5.11 Å². The molecule has 0 radical (unpaired) electrons. The first-order valence-corrected chi connectivity index (χ1v) is 5.52. The van der Waals surface area contributed by atoms with E-state index in [0.717, 1.165) is 0 Å². The lowest BCUT2D eigenvalue weighted by molar-refractivity contribution is -0.384. The van der Waals surface area contributed by atoms with Crippen molar-refractivity contribution in [3.63, 3.8) is 0 Å². The molecule has 19 heavy (non-hydrogen) atoms. The van der Waals surface area contributed by atoms with Crippen molar-refractivity contribution in [1.82, 2.24) is 4.98 Å². The van der Waals surface area contributed by atoms with Gasteiger partial charge in [-0.25, -0.2) is 4.98 Å². The van der Waals surface area contributed by atoms with E-state index in [1.807, 2.05) is 0 Å². The number of aliphatic hydroxyl groups is 1. The lowest BCUT2D eigenvalue weighted by Crippen LogP contribution is -1.95. The molecule has 0 saturated heterocycles. The minimum atomic E-state index is -0.997. The molecule has 0 aliphatic carbocycles. The standard InChI is InChI=1S/C14H10N2O3/c17-14(9-6-12-3-1-2-10-15-12)11-4-7-13(8-5-11)16(18)19/h1-5,7-8,10,14,17H. The molecule has 0 bridgehead atoms. The lowest BCUT2D eigenvalue weighted by atomic mass is 10.1. The largest absolute Gasteiger partial charge is 0.376 e. The van der Waals surface area contributed by atoms with E-state index < -0.39 is 11.0 Å². The average molecular weight is 254 g/mol. The van der Waals surface area contributed by atoms with Crippen LogP contribution in [0.4, 0.5) is 5.69 Å². The van der Waals surface area contributed by atoms with Gasteiger partial charge in [-0.1, -0.05) is 12.0 Å². The van der Waals surface area contributed by atoms with Gasteiger partial charge in [0.05, 0.1) is 4.92 Å². The summed E-state index contributed by atoms with van der Waals surface area (Å²) in [6, 6.07) is 10.9. The summed E-state index contributed by atoms with van der Waals surface area (Å²) in [6.45, 7) is 0. The molecule has 0 aliphatic rings. The maximum absolute atomic E-state index is 10.5. The summed E-state index contributed by atoms with van der Waals surface area (Å²) in [5, 5.41) is 20.3. The predicted octanol–water partition coefficient (Wildman–Crippen LogP) is 2.07. The molecule has 0 spiro atoms. The van der Waals surface area contributed by atoms with Crippen LogP contribution in [0, 0.1) is 22.0 Å². The van der Waals surface area contributed by atoms with Crippen LogP contribution in [0.15, 0.2) is 48.7 Å². The molecule has 1 aromatic heterocycles. The molecule has 2 aromatic rings. The number of rotatable bonds is 2.